The third kappa shape index (κ3) is 1.53. The predicted octanol–water partition coefficient (Wildman–Crippen LogP) is 2.16. The van der Waals surface area contributed by atoms with E-state index in [0.29, 0.717) is 11.6 Å². The summed E-state index contributed by atoms with van der Waals surface area (Å²) in [5.74, 6) is 0.0626. The molecule has 1 atom stereocenters. The Bertz CT molecular complexity index is 523. The molecule has 3 rings (SSSR count). The van der Waals surface area contributed by atoms with Crippen molar-refractivity contribution in [1.29, 1.82) is 0 Å². The molecule has 16 heavy (non-hydrogen) atoms. The van der Waals surface area contributed by atoms with Crippen LogP contribution in [0.2, 0.25) is 0 Å². The van der Waals surface area contributed by atoms with Crippen LogP contribution in [0.4, 0.5) is 0 Å². The van der Waals surface area contributed by atoms with Gasteiger partial charge in [-0.3, -0.25) is 4.79 Å². The summed E-state index contributed by atoms with van der Waals surface area (Å²) in [5.41, 5.74) is 1.16. The Hall–Kier alpha value is -1.62. The molecule has 2 heterocycles. The van der Waals surface area contributed by atoms with Crippen LogP contribution >= 0.6 is 11.8 Å². The molecule has 0 fully saturated rings. The van der Waals surface area contributed by atoms with E-state index in [1.165, 1.54) is 10.9 Å². The minimum atomic E-state index is 0.0626. The average molecular weight is 231 g/mol. The largest absolute Gasteiger partial charge is 0.274 e. The molecule has 5 heteroatoms. The molecular weight excluding hydrogens is 222 g/mol. The molecule has 0 N–H and O–H groups in total. The minimum absolute atomic E-state index is 0.0626. The van der Waals surface area contributed by atoms with E-state index in [9.17, 15) is 4.79 Å². The lowest BCUT2D eigenvalue weighted by Gasteiger charge is -2.20. The molecule has 0 saturated heterocycles. The van der Waals surface area contributed by atoms with Gasteiger partial charge in [-0.1, -0.05) is 42.1 Å². The SMILES string of the molecule is O=C1CC(c2ccccc2)Sc2nncn21. The van der Waals surface area contributed by atoms with Crippen LogP contribution in [0.3, 0.4) is 0 Å². The zero-order valence-electron chi connectivity index (χ0n) is 8.41. The first-order valence-corrected chi connectivity index (χ1v) is 5.87. The molecule has 1 aliphatic rings. The van der Waals surface area contributed by atoms with E-state index >= 15 is 0 Å². The quantitative estimate of drug-likeness (QED) is 0.754. The predicted molar refractivity (Wildman–Crippen MR) is 60.3 cm³/mol. The Balaban J connectivity index is 1.95. The first kappa shape index (κ1) is 9.59. The highest BCUT2D eigenvalue weighted by Crippen LogP contribution is 2.40. The van der Waals surface area contributed by atoms with Crippen LogP contribution in [-0.4, -0.2) is 20.7 Å². The van der Waals surface area contributed by atoms with Gasteiger partial charge in [0.2, 0.25) is 5.91 Å². The summed E-state index contributed by atoms with van der Waals surface area (Å²) in [5, 5.41) is 8.53. The van der Waals surface area contributed by atoms with Crippen LogP contribution in [-0.2, 0) is 0 Å². The molecule has 0 bridgehead atoms. The number of carbonyl (C=O) groups excluding carboxylic acids is 1. The number of rotatable bonds is 1. The van der Waals surface area contributed by atoms with E-state index in [1.807, 2.05) is 30.3 Å². The maximum atomic E-state index is 11.8. The first-order valence-electron chi connectivity index (χ1n) is 4.99. The fourth-order valence-electron chi connectivity index (χ4n) is 1.76. The third-order valence-corrected chi connectivity index (χ3v) is 3.78. The van der Waals surface area contributed by atoms with Gasteiger partial charge >= 0.3 is 0 Å². The van der Waals surface area contributed by atoms with Crippen molar-refractivity contribution in [2.45, 2.75) is 16.8 Å². The van der Waals surface area contributed by atoms with Gasteiger partial charge in [0.15, 0.2) is 5.16 Å². The van der Waals surface area contributed by atoms with Crippen molar-refractivity contribution >= 4 is 17.7 Å². The summed E-state index contributed by atoms with van der Waals surface area (Å²) in [7, 11) is 0. The Morgan fingerprint density at radius 3 is 2.94 bits per heavy atom. The summed E-state index contributed by atoms with van der Waals surface area (Å²) in [6, 6.07) is 10.0. The molecule has 1 unspecified atom stereocenters. The van der Waals surface area contributed by atoms with Gasteiger partial charge in [-0.05, 0) is 5.56 Å². The van der Waals surface area contributed by atoms with Crippen LogP contribution in [0.1, 0.15) is 22.0 Å². The van der Waals surface area contributed by atoms with E-state index in [-0.39, 0.29) is 11.2 Å². The smallest absolute Gasteiger partial charge is 0.235 e. The van der Waals surface area contributed by atoms with Gasteiger partial charge in [-0.15, -0.1) is 10.2 Å². The number of fused-ring (bicyclic) bond motifs is 1. The zero-order valence-corrected chi connectivity index (χ0v) is 9.22. The topological polar surface area (TPSA) is 47.8 Å². The highest BCUT2D eigenvalue weighted by molar-refractivity contribution is 7.99. The summed E-state index contributed by atoms with van der Waals surface area (Å²) >= 11 is 1.59. The zero-order chi connectivity index (χ0) is 11.0. The lowest BCUT2D eigenvalue weighted by atomic mass is 10.1. The van der Waals surface area contributed by atoms with Gasteiger partial charge < -0.3 is 0 Å². The monoisotopic (exact) mass is 231 g/mol. The Morgan fingerprint density at radius 2 is 2.12 bits per heavy atom. The van der Waals surface area contributed by atoms with Crippen molar-refractivity contribution in [3.63, 3.8) is 0 Å². The Labute approximate surface area is 96.7 Å². The van der Waals surface area contributed by atoms with Gasteiger partial charge in [-0.25, -0.2) is 4.57 Å². The second kappa shape index (κ2) is 3.75. The fourth-order valence-corrected chi connectivity index (χ4v) is 2.89. The van der Waals surface area contributed by atoms with E-state index < -0.39 is 0 Å². The second-order valence-corrected chi connectivity index (χ2v) is 4.77. The molecule has 1 aromatic carbocycles. The first-order chi connectivity index (χ1) is 7.84. The van der Waals surface area contributed by atoms with Gasteiger partial charge in [0, 0.05) is 11.7 Å². The van der Waals surface area contributed by atoms with Crippen LogP contribution in [0.25, 0.3) is 0 Å². The molecule has 80 valence electrons. The normalized spacial score (nSPS) is 19.5. The van der Waals surface area contributed by atoms with Crippen molar-refractivity contribution in [2.75, 3.05) is 0 Å². The molecule has 0 saturated carbocycles. The number of carbonyl (C=O) groups is 1. The van der Waals surface area contributed by atoms with E-state index in [2.05, 4.69) is 10.2 Å². The number of hydrogen-bond donors (Lipinski definition) is 0. The summed E-state index contributed by atoms with van der Waals surface area (Å²) < 4.78 is 1.52. The van der Waals surface area contributed by atoms with E-state index in [4.69, 9.17) is 0 Å². The van der Waals surface area contributed by atoms with Crippen molar-refractivity contribution in [1.82, 2.24) is 14.8 Å². The van der Waals surface area contributed by atoms with Gasteiger partial charge in [0.05, 0.1) is 0 Å². The van der Waals surface area contributed by atoms with Gasteiger partial charge in [0.1, 0.15) is 6.33 Å². The van der Waals surface area contributed by atoms with E-state index in [0.717, 1.165) is 5.56 Å². The van der Waals surface area contributed by atoms with Crippen LogP contribution in [0, 0.1) is 0 Å². The lowest BCUT2D eigenvalue weighted by Crippen LogP contribution is -2.18. The molecule has 2 aromatic rings. The average Bonchev–Trinajstić information content (AvgIpc) is 2.79. The standard InChI is InChI=1S/C11H9N3OS/c15-10-6-9(8-4-2-1-3-5-8)16-11-13-12-7-14(10)11/h1-5,7,9H,6H2. The summed E-state index contributed by atoms with van der Waals surface area (Å²) in [6.45, 7) is 0. The number of hydrogen-bond acceptors (Lipinski definition) is 4. The molecular formula is C11H9N3OS. The number of aromatic nitrogens is 3. The summed E-state index contributed by atoms with van der Waals surface area (Å²) in [4.78, 5) is 11.8. The van der Waals surface area contributed by atoms with Crippen LogP contribution < -0.4 is 0 Å². The molecule has 0 amide bonds. The van der Waals surface area contributed by atoms with Gasteiger partial charge in [0.25, 0.3) is 0 Å². The van der Waals surface area contributed by atoms with Gasteiger partial charge in [-0.2, -0.15) is 0 Å². The Kier molecular flexibility index (Phi) is 2.25. The van der Waals surface area contributed by atoms with Crippen molar-refractivity contribution < 1.29 is 4.79 Å². The lowest BCUT2D eigenvalue weighted by molar-refractivity contribution is 0.0886. The summed E-state index contributed by atoms with van der Waals surface area (Å²) in [6.07, 6.45) is 1.98. The number of thioether (sulfide) groups is 1. The van der Waals surface area contributed by atoms with Crippen LogP contribution in [0.15, 0.2) is 41.8 Å². The number of benzene rings is 1. The van der Waals surface area contributed by atoms with Crippen LogP contribution in [0.5, 0.6) is 0 Å². The molecule has 1 aliphatic heterocycles. The van der Waals surface area contributed by atoms with Crippen molar-refractivity contribution in [3.8, 4) is 0 Å². The molecule has 4 nitrogen and oxygen atoms in total. The molecule has 1 aromatic heterocycles. The molecule has 0 radical (unpaired) electrons. The van der Waals surface area contributed by atoms with Crippen molar-refractivity contribution in [3.05, 3.63) is 42.2 Å². The molecule has 0 aliphatic carbocycles. The Morgan fingerprint density at radius 1 is 1.31 bits per heavy atom. The third-order valence-electron chi connectivity index (χ3n) is 2.56. The molecule has 0 spiro atoms. The second-order valence-electron chi connectivity index (χ2n) is 3.60. The number of nitrogens with zero attached hydrogens (tertiary/aromatic N) is 3. The maximum absolute atomic E-state index is 11.8. The fraction of sp³-hybridized carbons (Fsp3) is 0.182. The van der Waals surface area contributed by atoms with Crippen molar-refractivity contribution in [2.24, 2.45) is 0 Å². The van der Waals surface area contributed by atoms with E-state index in [1.54, 1.807) is 11.8 Å². The minimum Gasteiger partial charge on any atom is -0.274 e. The highest BCUT2D eigenvalue weighted by Gasteiger charge is 2.27. The highest BCUT2D eigenvalue weighted by atomic mass is 32.2. The maximum Gasteiger partial charge on any atom is 0.235 e.